The fraction of sp³-hybridized carbons (Fsp3) is 0.273. The third-order valence-corrected chi connectivity index (χ3v) is 7.84. The number of anilines is 1. The molecule has 1 aliphatic carbocycles. The number of nitriles is 2. The molecule has 1 amide bonds. The van der Waals surface area contributed by atoms with Crippen LogP contribution in [0.5, 0.6) is 5.75 Å². The van der Waals surface area contributed by atoms with Crippen LogP contribution in [-0.2, 0) is 26.3 Å². The van der Waals surface area contributed by atoms with E-state index in [4.69, 9.17) is 21.1 Å². The summed E-state index contributed by atoms with van der Waals surface area (Å²) in [4.78, 5) is 30.3. The summed E-state index contributed by atoms with van der Waals surface area (Å²) >= 11 is 6.42. The molecule has 1 spiro atoms. The molecule has 0 unspecified atom stereocenters. The van der Waals surface area contributed by atoms with Gasteiger partial charge in [-0.3, -0.25) is 4.79 Å². The van der Waals surface area contributed by atoms with Gasteiger partial charge >= 0.3 is 5.97 Å². The van der Waals surface area contributed by atoms with Gasteiger partial charge in [-0.05, 0) is 73.9 Å². The number of carbonyl (C=O) groups is 2. The predicted octanol–water partition coefficient (Wildman–Crippen LogP) is 6.23. The largest absolute Gasteiger partial charge is 0.497 e. The highest BCUT2D eigenvalue weighted by molar-refractivity contribution is 6.30. The number of methoxy groups -OCH3 is 1. The van der Waals surface area contributed by atoms with E-state index in [1.165, 1.54) is 6.08 Å². The van der Waals surface area contributed by atoms with Crippen molar-refractivity contribution in [1.82, 2.24) is 0 Å². The van der Waals surface area contributed by atoms with Gasteiger partial charge in [0.25, 0.3) is 0 Å². The Hall–Kier alpha value is -4.59. The lowest BCUT2D eigenvalue weighted by atomic mass is 9.57. The molecule has 41 heavy (non-hydrogen) atoms. The Morgan fingerprint density at radius 1 is 1.02 bits per heavy atom. The molecular formula is C33H28ClN3O4. The van der Waals surface area contributed by atoms with Crippen molar-refractivity contribution in [3.05, 3.63) is 106 Å². The van der Waals surface area contributed by atoms with Crippen molar-refractivity contribution in [2.75, 3.05) is 12.0 Å². The number of fused-ring (bicyclic) bond motifs is 2. The molecule has 0 N–H and O–H groups in total. The van der Waals surface area contributed by atoms with Crippen LogP contribution < -0.4 is 9.64 Å². The first-order chi connectivity index (χ1) is 19.5. The van der Waals surface area contributed by atoms with E-state index in [9.17, 15) is 20.1 Å². The summed E-state index contributed by atoms with van der Waals surface area (Å²) in [5, 5.41) is 21.8. The van der Waals surface area contributed by atoms with Crippen molar-refractivity contribution in [3.63, 3.8) is 0 Å². The monoisotopic (exact) mass is 565 g/mol. The van der Waals surface area contributed by atoms with Crippen molar-refractivity contribution in [1.29, 1.82) is 10.5 Å². The van der Waals surface area contributed by atoms with Crippen LogP contribution in [0.25, 0.3) is 0 Å². The van der Waals surface area contributed by atoms with E-state index >= 15 is 0 Å². The van der Waals surface area contributed by atoms with E-state index in [1.54, 1.807) is 93.4 Å². The molecule has 1 heterocycles. The summed E-state index contributed by atoms with van der Waals surface area (Å²) in [5.41, 5.74) is -2.19. The number of hydrogen-bond donors (Lipinski definition) is 0. The molecule has 7 nitrogen and oxygen atoms in total. The second-order valence-electron chi connectivity index (χ2n) is 11.2. The zero-order valence-corrected chi connectivity index (χ0v) is 23.9. The lowest BCUT2D eigenvalue weighted by Gasteiger charge is -2.38. The van der Waals surface area contributed by atoms with Gasteiger partial charge in [0, 0.05) is 22.2 Å². The first-order valence-corrected chi connectivity index (χ1v) is 13.5. The third-order valence-electron chi connectivity index (χ3n) is 7.61. The number of allylic oxidation sites excluding steroid dienone is 1. The molecule has 0 aromatic heterocycles. The molecule has 3 aromatic rings. The number of esters is 1. The molecule has 0 saturated heterocycles. The summed E-state index contributed by atoms with van der Waals surface area (Å²) in [6, 6.07) is 25.6. The topological polar surface area (TPSA) is 103 Å². The Morgan fingerprint density at radius 3 is 2.32 bits per heavy atom. The summed E-state index contributed by atoms with van der Waals surface area (Å²) in [7, 11) is 1.58. The summed E-state index contributed by atoms with van der Waals surface area (Å²) < 4.78 is 11.0. The molecule has 206 valence electrons. The van der Waals surface area contributed by atoms with E-state index in [-0.39, 0.29) is 12.1 Å². The molecule has 1 aliphatic heterocycles. The minimum Gasteiger partial charge on any atom is -0.497 e. The number of rotatable bonds is 5. The molecule has 0 radical (unpaired) electrons. The summed E-state index contributed by atoms with van der Waals surface area (Å²) in [5.74, 6) is -1.51. The molecule has 2 aliphatic rings. The van der Waals surface area contributed by atoms with Crippen molar-refractivity contribution >= 4 is 29.2 Å². The highest BCUT2D eigenvalue weighted by Crippen LogP contribution is 2.65. The van der Waals surface area contributed by atoms with Crippen molar-refractivity contribution in [2.45, 2.75) is 44.2 Å². The van der Waals surface area contributed by atoms with Crippen LogP contribution in [0.15, 0.2) is 84.4 Å². The van der Waals surface area contributed by atoms with Crippen LogP contribution in [0.1, 0.15) is 43.4 Å². The number of para-hydroxylation sites is 1. The molecule has 8 heteroatoms. The van der Waals surface area contributed by atoms with Crippen LogP contribution in [0, 0.1) is 28.1 Å². The van der Waals surface area contributed by atoms with Gasteiger partial charge in [0.1, 0.15) is 16.8 Å². The maximum atomic E-state index is 15.0. The SMILES string of the molecule is COc1ccc(CN2C(=O)[C@]3(c4ccccc42)[C@H](c2cccc(Cl)c2)C(C(=O)OC(C)(C)C)=CC3(C#N)C#N)cc1. The quantitative estimate of drug-likeness (QED) is 0.340. The van der Waals surface area contributed by atoms with Gasteiger partial charge in [-0.25, -0.2) is 4.79 Å². The fourth-order valence-corrected chi connectivity index (χ4v) is 6.20. The first kappa shape index (κ1) is 28.0. The van der Waals surface area contributed by atoms with Gasteiger partial charge < -0.3 is 14.4 Å². The minimum absolute atomic E-state index is 0.0692. The second-order valence-corrected chi connectivity index (χ2v) is 11.6. The lowest BCUT2D eigenvalue weighted by Crippen LogP contribution is -2.52. The minimum atomic E-state index is -2.02. The highest BCUT2D eigenvalue weighted by Gasteiger charge is 2.72. The zero-order chi connectivity index (χ0) is 29.6. The summed E-state index contributed by atoms with van der Waals surface area (Å²) in [6.45, 7) is 5.38. The van der Waals surface area contributed by atoms with Crippen molar-refractivity contribution in [2.24, 2.45) is 5.41 Å². The molecule has 0 fully saturated rings. The average molecular weight is 566 g/mol. The number of carbonyl (C=O) groups excluding carboxylic acids is 2. The van der Waals surface area contributed by atoms with Gasteiger partial charge in [0.05, 0.1) is 25.8 Å². The normalized spacial score (nSPS) is 20.7. The van der Waals surface area contributed by atoms with E-state index in [0.717, 1.165) is 5.56 Å². The second kappa shape index (κ2) is 10.1. The number of halogens is 1. The maximum absolute atomic E-state index is 15.0. The average Bonchev–Trinajstić information content (AvgIpc) is 3.39. The van der Waals surface area contributed by atoms with Gasteiger partial charge in [-0.15, -0.1) is 0 Å². The van der Waals surface area contributed by atoms with Crippen molar-refractivity contribution < 1.29 is 19.1 Å². The predicted molar refractivity (Wildman–Crippen MR) is 154 cm³/mol. The number of nitrogens with zero attached hydrogens (tertiary/aromatic N) is 3. The molecular weight excluding hydrogens is 538 g/mol. The molecule has 5 rings (SSSR count). The van der Waals surface area contributed by atoms with Crippen LogP contribution in [0.2, 0.25) is 5.02 Å². The Morgan fingerprint density at radius 2 is 1.71 bits per heavy atom. The standard InChI is InChI=1S/C33H28ClN3O4/c1-31(2,3)41-29(38)25-17-32(19-35,20-36)33(28(25)22-8-7-9-23(34)16-22)26-10-5-6-11-27(26)37(30(33)39)18-21-12-14-24(40-4)15-13-21/h5-17,28H,18H2,1-4H3/t28-,33+/m1/s1. The maximum Gasteiger partial charge on any atom is 0.334 e. The molecule has 0 bridgehead atoms. The van der Waals surface area contributed by atoms with E-state index < -0.39 is 34.2 Å². The van der Waals surface area contributed by atoms with Crippen molar-refractivity contribution in [3.8, 4) is 17.9 Å². The van der Waals surface area contributed by atoms with E-state index in [0.29, 0.717) is 27.6 Å². The van der Waals surface area contributed by atoms with E-state index in [2.05, 4.69) is 12.1 Å². The Kier molecular flexibility index (Phi) is 6.89. The van der Waals surface area contributed by atoms with Crippen LogP contribution in [0.4, 0.5) is 5.69 Å². The fourth-order valence-electron chi connectivity index (χ4n) is 6.00. The lowest BCUT2D eigenvalue weighted by molar-refractivity contribution is -0.150. The van der Waals surface area contributed by atoms with Gasteiger partial charge in [-0.1, -0.05) is 54.1 Å². The number of benzene rings is 3. The van der Waals surface area contributed by atoms with Gasteiger partial charge in [0.15, 0.2) is 5.41 Å². The zero-order valence-electron chi connectivity index (χ0n) is 23.1. The first-order valence-electron chi connectivity index (χ1n) is 13.1. The van der Waals surface area contributed by atoms with Crippen LogP contribution >= 0.6 is 11.6 Å². The Labute approximate surface area is 244 Å². The highest BCUT2D eigenvalue weighted by atomic mass is 35.5. The Bertz CT molecular complexity index is 1650. The Balaban J connectivity index is 1.78. The molecule has 3 aromatic carbocycles. The summed E-state index contributed by atoms with van der Waals surface area (Å²) in [6.07, 6.45) is 1.33. The number of amides is 1. The van der Waals surface area contributed by atoms with Gasteiger partial charge in [-0.2, -0.15) is 10.5 Å². The van der Waals surface area contributed by atoms with Gasteiger partial charge in [0.2, 0.25) is 5.91 Å². The van der Waals surface area contributed by atoms with Crippen LogP contribution in [0.3, 0.4) is 0 Å². The van der Waals surface area contributed by atoms with Crippen LogP contribution in [-0.4, -0.2) is 24.6 Å². The number of hydrogen-bond acceptors (Lipinski definition) is 6. The molecule has 2 atom stereocenters. The smallest absolute Gasteiger partial charge is 0.334 e. The molecule has 0 saturated carbocycles. The number of ether oxygens (including phenoxy) is 2. The van der Waals surface area contributed by atoms with E-state index in [1.807, 2.05) is 12.1 Å². The third kappa shape index (κ3) is 4.34.